The summed E-state index contributed by atoms with van der Waals surface area (Å²) in [6.07, 6.45) is 0. The van der Waals surface area contributed by atoms with E-state index in [9.17, 15) is 18.0 Å². The first kappa shape index (κ1) is 16.4. The van der Waals surface area contributed by atoms with Crippen LogP contribution < -0.4 is 0 Å². The van der Waals surface area contributed by atoms with Gasteiger partial charge in [0.1, 0.15) is 11.7 Å². The van der Waals surface area contributed by atoms with E-state index in [0.29, 0.717) is 0 Å². The van der Waals surface area contributed by atoms with Crippen LogP contribution in [0, 0.1) is 12.8 Å². The normalized spacial score (nSPS) is 12.8. The summed E-state index contributed by atoms with van der Waals surface area (Å²) in [6, 6.07) is 6.22. The molecule has 1 atom stereocenters. The third-order valence-corrected chi connectivity index (χ3v) is 4.49. The van der Waals surface area contributed by atoms with Gasteiger partial charge in [-0.15, -0.1) is 0 Å². The lowest BCUT2D eigenvalue weighted by Gasteiger charge is -2.10. The number of Topliss-reactive ketones (excluding diaryl/α,β-unsaturated/α-hetero) is 1. The summed E-state index contributed by atoms with van der Waals surface area (Å²) in [4.78, 5) is 23.3. The molecule has 0 aliphatic rings. The summed E-state index contributed by atoms with van der Waals surface area (Å²) in [5.74, 6) is -3.13. The molecule has 0 bridgehead atoms. The van der Waals surface area contributed by atoms with Crippen LogP contribution in [-0.4, -0.2) is 32.5 Å². The van der Waals surface area contributed by atoms with Crippen molar-refractivity contribution in [2.45, 2.75) is 25.7 Å². The molecule has 5 nitrogen and oxygen atoms in total. The van der Waals surface area contributed by atoms with E-state index in [1.807, 2.05) is 6.92 Å². The molecular formula is C14H18O5S. The molecule has 1 aromatic carbocycles. The second kappa shape index (κ2) is 6.65. The average Bonchev–Trinajstić information content (AvgIpc) is 2.38. The number of sulfone groups is 1. The van der Waals surface area contributed by atoms with Crippen molar-refractivity contribution in [3.05, 3.63) is 29.8 Å². The molecule has 0 radical (unpaired) electrons. The van der Waals surface area contributed by atoms with E-state index in [1.54, 1.807) is 19.1 Å². The maximum atomic E-state index is 12.1. The second-order valence-electron chi connectivity index (χ2n) is 4.51. The van der Waals surface area contributed by atoms with Crippen molar-refractivity contribution in [1.29, 1.82) is 0 Å². The van der Waals surface area contributed by atoms with Crippen molar-refractivity contribution in [2.75, 3.05) is 12.4 Å². The molecule has 0 saturated heterocycles. The first-order valence-electron chi connectivity index (χ1n) is 6.26. The lowest BCUT2D eigenvalue weighted by Crippen LogP contribution is -2.29. The number of carbonyl (C=O) groups is 2. The minimum absolute atomic E-state index is 0.0764. The fourth-order valence-electron chi connectivity index (χ4n) is 1.54. The molecule has 0 heterocycles. The van der Waals surface area contributed by atoms with Crippen LogP contribution in [-0.2, 0) is 24.2 Å². The number of esters is 1. The van der Waals surface area contributed by atoms with Gasteiger partial charge in [-0.1, -0.05) is 17.7 Å². The first-order chi connectivity index (χ1) is 9.27. The molecular weight excluding hydrogens is 280 g/mol. The van der Waals surface area contributed by atoms with E-state index in [0.717, 1.165) is 5.56 Å². The number of rotatable bonds is 6. The summed E-state index contributed by atoms with van der Waals surface area (Å²) in [5, 5.41) is 0. The Hall–Kier alpha value is -1.69. The van der Waals surface area contributed by atoms with Crippen LogP contribution in [0.4, 0.5) is 0 Å². The van der Waals surface area contributed by atoms with E-state index in [2.05, 4.69) is 0 Å². The smallest absolute Gasteiger partial charge is 0.316 e. The zero-order valence-corrected chi connectivity index (χ0v) is 12.6. The van der Waals surface area contributed by atoms with Crippen LogP contribution in [0.1, 0.15) is 19.4 Å². The molecule has 0 aliphatic heterocycles. The average molecular weight is 298 g/mol. The maximum absolute atomic E-state index is 12.1. The van der Waals surface area contributed by atoms with Crippen molar-refractivity contribution in [1.82, 2.24) is 0 Å². The summed E-state index contributed by atoms with van der Waals surface area (Å²) in [6.45, 7) is 4.97. The highest BCUT2D eigenvalue weighted by molar-refractivity contribution is 7.92. The third-order valence-electron chi connectivity index (χ3n) is 2.84. The van der Waals surface area contributed by atoms with Gasteiger partial charge in [0, 0.05) is 0 Å². The Morgan fingerprint density at radius 3 is 2.25 bits per heavy atom. The fourth-order valence-corrected chi connectivity index (χ4v) is 2.88. The monoisotopic (exact) mass is 298 g/mol. The van der Waals surface area contributed by atoms with Gasteiger partial charge in [0.2, 0.25) is 0 Å². The highest BCUT2D eigenvalue weighted by Gasteiger charge is 2.28. The van der Waals surface area contributed by atoms with Gasteiger partial charge in [-0.05, 0) is 32.9 Å². The lowest BCUT2D eigenvalue weighted by molar-refractivity contribution is -0.150. The molecule has 110 valence electrons. The standard InChI is InChI=1S/C14H18O5S/c1-4-19-14(16)11(3)13(15)9-20(17,18)12-7-5-10(2)6-8-12/h5-8,11H,4,9H2,1-3H3. The van der Waals surface area contributed by atoms with Gasteiger partial charge in [-0.3, -0.25) is 9.59 Å². The van der Waals surface area contributed by atoms with E-state index in [1.165, 1.54) is 19.1 Å². The minimum Gasteiger partial charge on any atom is -0.465 e. The Bertz CT molecular complexity index is 586. The predicted octanol–water partition coefficient (Wildman–Crippen LogP) is 1.54. The van der Waals surface area contributed by atoms with Gasteiger partial charge in [-0.25, -0.2) is 8.42 Å². The van der Waals surface area contributed by atoms with Crippen LogP contribution in [0.2, 0.25) is 0 Å². The molecule has 0 amide bonds. The highest BCUT2D eigenvalue weighted by atomic mass is 32.2. The van der Waals surface area contributed by atoms with Crippen LogP contribution >= 0.6 is 0 Å². The highest BCUT2D eigenvalue weighted by Crippen LogP contribution is 2.14. The number of hydrogen-bond acceptors (Lipinski definition) is 5. The number of aryl methyl sites for hydroxylation is 1. The van der Waals surface area contributed by atoms with Crippen molar-refractivity contribution >= 4 is 21.6 Å². The third kappa shape index (κ3) is 4.16. The molecule has 20 heavy (non-hydrogen) atoms. The number of ketones is 1. The second-order valence-corrected chi connectivity index (χ2v) is 6.50. The molecule has 0 saturated carbocycles. The number of benzene rings is 1. The van der Waals surface area contributed by atoms with Crippen molar-refractivity contribution < 1.29 is 22.7 Å². The van der Waals surface area contributed by atoms with Gasteiger partial charge < -0.3 is 4.74 Å². The largest absolute Gasteiger partial charge is 0.465 e. The van der Waals surface area contributed by atoms with Crippen LogP contribution in [0.3, 0.4) is 0 Å². The van der Waals surface area contributed by atoms with Gasteiger partial charge in [0.05, 0.1) is 11.5 Å². The number of ether oxygens (including phenoxy) is 1. The summed E-state index contributed by atoms with van der Waals surface area (Å²) in [7, 11) is -3.73. The van der Waals surface area contributed by atoms with Crippen LogP contribution in [0.5, 0.6) is 0 Å². The van der Waals surface area contributed by atoms with E-state index >= 15 is 0 Å². The molecule has 6 heteroatoms. The van der Waals surface area contributed by atoms with Gasteiger partial charge in [0.25, 0.3) is 0 Å². The summed E-state index contributed by atoms with van der Waals surface area (Å²) < 4.78 is 28.8. The van der Waals surface area contributed by atoms with Gasteiger partial charge in [0.15, 0.2) is 15.6 Å². The molecule has 0 fully saturated rings. The lowest BCUT2D eigenvalue weighted by atomic mass is 10.1. The number of carbonyl (C=O) groups excluding carboxylic acids is 2. The molecule has 1 rings (SSSR count). The summed E-state index contributed by atoms with van der Waals surface area (Å²) in [5.41, 5.74) is 0.926. The summed E-state index contributed by atoms with van der Waals surface area (Å²) >= 11 is 0. The first-order valence-corrected chi connectivity index (χ1v) is 7.92. The quantitative estimate of drug-likeness (QED) is 0.588. The maximum Gasteiger partial charge on any atom is 0.316 e. The van der Waals surface area contributed by atoms with E-state index in [4.69, 9.17) is 4.74 Å². The predicted molar refractivity (Wildman–Crippen MR) is 74.0 cm³/mol. The molecule has 0 aliphatic carbocycles. The fraction of sp³-hybridized carbons (Fsp3) is 0.429. The molecule has 1 unspecified atom stereocenters. The van der Waals surface area contributed by atoms with E-state index in [-0.39, 0.29) is 11.5 Å². The van der Waals surface area contributed by atoms with Crippen molar-refractivity contribution in [2.24, 2.45) is 5.92 Å². The Balaban J connectivity index is 2.83. The number of hydrogen-bond donors (Lipinski definition) is 0. The molecule has 0 aromatic heterocycles. The van der Waals surface area contributed by atoms with Gasteiger partial charge >= 0.3 is 5.97 Å². The van der Waals surface area contributed by atoms with Crippen molar-refractivity contribution in [3.8, 4) is 0 Å². The zero-order chi connectivity index (χ0) is 15.3. The Morgan fingerprint density at radius 1 is 1.20 bits per heavy atom. The Kier molecular flexibility index (Phi) is 5.44. The van der Waals surface area contributed by atoms with Crippen LogP contribution in [0.15, 0.2) is 29.2 Å². The zero-order valence-electron chi connectivity index (χ0n) is 11.8. The molecule has 0 N–H and O–H groups in total. The Morgan fingerprint density at radius 2 is 1.75 bits per heavy atom. The van der Waals surface area contributed by atoms with Crippen LogP contribution in [0.25, 0.3) is 0 Å². The Labute approximate surface area is 118 Å². The van der Waals surface area contributed by atoms with Gasteiger partial charge in [-0.2, -0.15) is 0 Å². The molecule has 0 spiro atoms. The molecule has 1 aromatic rings. The SMILES string of the molecule is CCOC(=O)C(C)C(=O)CS(=O)(=O)c1ccc(C)cc1. The van der Waals surface area contributed by atoms with E-state index < -0.39 is 33.3 Å². The minimum atomic E-state index is -3.73. The van der Waals surface area contributed by atoms with Crippen molar-refractivity contribution in [3.63, 3.8) is 0 Å². The topological polar surface area (TPSA) is 77.5 Å².